The first-order valence-electron chi connectivity index (χ1n) is 6.67. The van der Waals surface area contributed by atoms with E-state index in [2.05, 4.69) is 0 Å². The Bertz CT molecular complexity index is 425. The fraction of sp³-hybridized carbons (Fsp3) is 0.600. The first kappa shape index (κ1) is 13.3. The molecule has 0 atom stereocenters. The van der Waals surface area contributed by atoms with Gasteiger partial charge in [-0.1, -0.05) is 19.3 Å². The van der Waals surface area contributed by atoms with Gasteiger partial charge in [-0.05, 0) is 43.0 Å². The number of halogens is 1. The van der Waals surface area contributed by atoms with Crippen LogP contribution in [-0.2, 0) is 5.41 Å². The number of ether oxygens (including phenoxy) is 1. The van der Waals surface area contributed by atoms with Crippen LogP contribution in [0, 0.1) is 12.7 Å². The summed E-state index contributed by atoms with van der Waals surface area (Å²) in [4.78, 5) is 0. The molecule has 1 aromatic rings. The smallest absolute Gasteiger partial charge is 0.130 e. The van der Waals surface area contributed by atoms with Crippen LogP contribution < -0.4 is 10.5 Å². The quantitative estimate of drug-likeness (QED) is 0.894. The van der Waals surface area contributed by atoms with Crippen molar-refractivity contribution in [2.45, 2.75) is 44.4 Å². The lowest BCUT2D eigenvalue weighted by atomic mass is 9.69. The van der Waals surface area contributed by atoms with E-state index in [1.807, 2.05) is 6.07 Å². The average molecular weight is 251 g/mol. The normalized spacial score (nSPS) is 18.7. The molecule has 1 fully saturated rings. The highest BCUT2D eigenvalue weighted by Crippen LogP contribution is 2.41. The molecule has 1 aliphatic carbocycles. The molecule has 0 bridgehead atoms. The van der Waals surface area contributed by atoms with E-state index in [1.54, 1.807) is 20.1 Å². The van der Waals surface area contributed by atoms with Gasteiger partial charge in [-0.2, -0.15) is 0 Å². The first-order chi connectivity index (χ1) is 8.63. The molecule has 2 nitrogen and oxygen atoms in total. The Morgan fingerprint density at radius 3 is 2.50 bits per heavy atom. The van der Waals surface area contributed by atoms with Crippen LogP contribution in [0.2, 0.25) is 0 Å². The zero-order valence-electron chi connectivity index (χ0n) is 11.3. The van der Waals surface area contributed by atoms with E-state index in [9.17, 15) is 4.39 Å². The highest BCUT2D eigenvalue weighted by Gasteiger charge is 2.35. The minimum Gasteiger partial charge on any atom is -0.497 e. The van der Waals surface area contributed by atoms with Crippen LogP contribution in [0.1, 0.15) is 43.2 Å². The summed E-state index contributed by atoms with van der Waals surface area (Å²) in [6.45, 7) is 2.30. The third-order valence-corrected chi connectivity index (χ3v) is 4.24. The van der Waals surface area contributed by atoms with E-state index in [-0.39, 0.29) is 11.2 Å². The van der Waals surface area contributed by atoms with E-state index in [0.717, 1.165) is 37.0 Å². The molecule has 0 aliphatic heterocycles. The summed E-state index contributed by atoms with van der Waals surface area (Å²) in [5.74, 6) is 0.616. The number of hydrogen-bond acceptors (Lipinski definition) is 2. The molecule has 0 unspecified atom stereocenters. The predicted octanol–water partition coefficient (Wildman–Crippen LogP) is 3.30. The molecule has 2 rings (SSSR count). The second-order valence-electron chi connectivity index (χ2n) is 5.35. The maximum atomic E-state index is 14.4. The average Bonchev–Trinajstić information content (AvgIpc) is 2.42. The van der Waals surface area contributed by atoms with Crippen molar-refractivity contribution in [1.29, 1.82) is 0 Å². The van der Waals surface area contributed by atoms with Crippen molar-refractivity contribution in [3.63, 3.8) is 0 Å². The topological polar surface area (TPSA) is 35.2 Å². The lowest BCUT2D eigenvalue weighted by Crippen LogP contribution is -2.38. The van der Waals surface area contributed by atoms with Crippen LogP contribution >= 0.6 is 0 Å². The lowest BCUT2D eigenvalue weighted by Gasteiger charge is -2.37. The molecule has 0 amide bonds. The van der Waals surface area contributed by atoms with Crippen molar-refractivity contribution in [2.75, 3.05) is 13.7 Å². The summed E-state index contributed by atoms with van der Waals surface area (Å²) in [6.07, 6.45) is 5.45. The summed E-state index contributed by atoms with van der Waals surface area (Å²) in [5.41, 5.74) is 7.17. The largest absolute Gasteiger partial charge is 0.497 e. The van der Waals surface area contributed by atoms with Crippen molar-refractivity contribution >= 4 is 0 Å². The van der Waals surface area contributed by atoms with E-state index >= 15 is 0 Å². The van der Waals surface area contributed by atoms with E-state index in [0.29, 0.717) is 12.1 Å². The molecule has 0 aromatic heterocycles. The summed E-state index contributed by atoms with van der Waals surface area (Å²) >= 11 is 0. The van der Waals surface area contributed by atoms with Crippen molar-refractivity contribution < 1.29 is 9.13 Å². The van der Waals surface area contributed by atoms with Gasteiger partial charge in [0.05, 0.1) is 7.11 Å². The third kappa shape index (κ3) is 2.24. The number of aryl methyl sites for hydroxylation is 1. The fourth-order valence-corrected chi connectivity index (χ4v) is 3.05. The number of nitrogens with two attached hydrogens (primary N) is 1. The van der Waals surface area contributed by atoms with Crippen LogP contribution in [-0.4, -0.2) is 13.7 Å². The second-order valence-corrected chi connectivity index (χ2v) is 5.35. The molecule has 18 heavy (non-hydrogen) atoms. The van der Waals surface area contributed by atoms with Crippen LogP contribution in [0.5, 0.6) is 5.75 Å². The molecule has 1 aromatic carbocycles. The van der Waals surface area contributed by atoms with Crippen LogP contribution in [0.15, 0.2) is 12.1 Å². The Labute approximate surface area is 108 Å². The van der Waals surface area contributed by atoms with Gasteiger partial charge < -0.3 is 10.5 Å². The van der Waals surface area contributed by atoms with Gasteiger partial charge in [-0.25, -0.2) is 4.39 Å². The first-order valence-corrected chi connectivity index (χ1v) is 6.67. The van der Waals surface area contributed by atoms with Gasteiger partial charge in [0.15, 0.2) is 0 Å². The summed E-state index contributed by atoms with van der Waals surface area (Å²) < 4.78 is 19.7. The molecule has 0 saturated heterocycles. The van der Waals surface area contributed by atoms with Crippen molar-refractivity contribution in [3.05, 3.63) is 29.1 Å². The van der Waals surface area contributed by atoms with Crippen molar-refractivity contribution in [2.24, 2.45) is 5.73 Å². The van der Waals surface area contributed by atoms with E-state index in [4.69, 9.17) is 10.5 Å². The number of hydrogen-bond donors (Lipinski definition) is 1. The molecular formula is C15H22FNO. The summed E-state index contributed by atoms with van der Waals surface area (Å²) in [6, 6.07) is 3.58. The standard InChI is InChI=1S/C15H22FNO/c1-11-8-12(18-2)9-13(14(11)16)15(10-17)6-4-3-5-7-15/h8-9H,3-7,10,17H2,1-2H3. The molecule has 3 heteroatoms. The molecule has 0 spiro atoms. The fourth-order valence-electron chi connectivity index (χ4n) is 3.05. The number of rotatable bonds is 3. The zero-order chi connectivity index (χ0) is 13.2. The van der Waals surface area contributed by atoms with Gasteiger partial charge in [-0.3, -0.25) is 0 Å². The van der Waals surface area contributed by atoms with Crippen molar-refractivity contribution in [3.8, 4) is 5.75 Å². The molecule has 1 aliphatic rings. The maximum absolute atomic E-state index is 14.4. The highest BCUT2D eigenvalue weighted by molar-refractivity contribution is 5.40. The number of methoxy groups -OCH3 is 1. The van der Waals surface area contributed by atoms with Gasteiger partial charge in [0.2, 0.25) is 0 Å². The van der Waals surface area contributed by atoms with E-state index in [1.165, 1.54) is 6.42 Å². The Hall–Kier alpha value is -1.09. The summed E-state index contributed by atoms with van der Waals surface area (Å²) in [7, 11) is 1.62. The minimum atomic E-state index is -0.193. The molecular weight excluding hydrogens is 229 g/mol. The van der Waals surface area contributed by atoms with Gasteiger partial charge in [0.1, 0.15) is 11.6 Å². The summed E-state index contributed by atoms with van der Waals surface area (Å²) in [5, 5.41) is 0. The Morgan fingerprint density at radius 1 is 1.28 bits per heavy atom. The minimum absolute atomic E-state index is 0.108. The lowest BCUT2D eigenvalue weighted by molar-refractivity contribution is 0.289. The van der Waals surface area contributed by atoms with E-state index < -0.39 is 0 Å². The van der Waals surface area contributed by atoms with Crippen molar-refractivity contribution in [1.82, 2.24) is 0 Å². The van der Waals surface area contributed by atoms with Crippen LogP contribution in [0.3, 0.4) is 0 Å². The molecule has 100 valence electrons. The Balaban J connectivity index is 2.50. The van der Waals surface area contributed by atoms with Gasteiger partial charge >= 0.3 is 0 Å². The Kier molecular flexibility index (Phi) is 3.91. The molecule has 2 N–H and O–H groups in total. The zero-order valence-corrected chi connectivity index (χ0v) is 11.3. The van der Waals surface area contributed by atoms with Gasteiger partial charge in [-0.15, -0.1) is 0 Å². The molecule has 0 radical (unpaired) electrons. The van der Waals surface area contributed by atoms with Gasteiger partial charge in [0.25, 0.3) is 0 Å². The predicted molar refractivity (Wildman–Crippen MR) is 71.5 cm³/mol. The van der Waals surface area contributed by atoms with Crippen LogP contribution in [0.25, 0.3) is 0 Å². The third-order valence-electron chi connectivity index (χ3n) is 4.24. The number of benzene rings is 1. The Morgan fingerprint density at radius 2 is 1.94 bits per heavy atom. The van der Waals surface area contributed by atoms with Crippen LogP contribution in [0.4, 0.5) is 4.39 Å². The monoisotopic (exact) mass is 251 g/mol. The maximum Gasteiger partial charge on any atom is 0.130 e. The second kappa shape index (κ2) is 5.27. The van der Waals surface area contributed by atoms with Gasteiger partial charge in [0, 0.05) is 12.0 Å². The highest BCUT2D eigenvalue weighted by atomic mass is 19.1. The molecule has 0 heterocycles. The SMILES string of the molecule is COc1cc(C)c(F)c(C2(CN)CCCCC2)c1. The molecule has 1 saturated carbocycles.